The first-order valence-electron chi connectivity index (χ1n) is 5.28. The van der Waals surface area contributed by atoms with Crippen LogP contribution < -0.4 is 5.32 Å². The molecule has 0 aromatic rings. The predicted molar refractivity (Wildman–Crippen MR) is 59.2 cm³/mol. The second-order valence-electron chi connectivity index (χ2n) is 4.47. The third-order valence-corrected chi connectivity index (χ3v) is 4.25. The summed E-state index contributed by atoms with van der Waals surface area (Å²) in [7, 11) is 0. The summed E-state index contributed by atoms with van der Waals surface area (Å²) < 4.78 is 0. The number of amides is 1. The van der Waals surface area contributed by atoms with Crippen molar-refractivity contribution in [2.24, 2.45) is 11.8 Å². The highest BCUT2D eigenvalue weighted by atomic mass is 32.2. The quantitative estimate of drug-likeness (QED) is 0.699. The number of hydrogen-bond acceptors (Lipinski definition) is 3. The first kappa shape index (κ1) is 10.3. The molecule has 0 bridgehead atoms. The maximum Gasteiger partial charge on any atom is 0.240 e. The summed E-state index contributed by atoms with van der Waals surface area (Å²) in [6.45, 7) is 6.36. The Morgan fingerprint density at radius 1 is 1.36 bits per heavy atom. The van der Waals surface area contributed by atoms with Gasteiger partial charge in [-0.25, -0.2) is 0 Å². The molecule has 3 unspecified atom stereocenters. The zero-order chi connectivity index (χ0) is 10.1. The molecule has 2 rings (SSSR count). The molecule has 80 valence electrons. The highest BCUT2D eigenvalue weighted by Gasteiger charge is 2.34. The van der Waals surface area contributed by atoms with Crippen LogP contribution in [0.2, 0.25) is 0 Å². The summed E-state index contributed by atoms with van der Waals surface area (Å²) in [6, 6.07) is 0.0810. The highest BCUT2D eigenvalue weighted by molar-refractivity contribution is 7.99. The number of thioether (sulfide) groups is 1. The lowest BCUT2D eigenvalue weighted by molar-refractivity contribution is -0.131. The van der Waals surface area contributed by atoms with Gasteiger partial charge in [-0.1, -0.05) is 13.8 Å². The van der Waals surface area contributed by atoms with E-state index < -0.39 is 0 Å². The number of carbonyl (C=O) groups is 1. The van der Waals surface area contributed by atoms with Crippen molar-refractivity contribution in [2.45, 2.75) is 19.9 Å². The van der Waals surface area contributed by atoms with Gasteiger partial charge in [-0.15, -0.1) is 11.8 Å². The van der Waals surface area contributed by atoms with Gasteiger partial charge in [0.15, 0.2) is 0 Å². The van der Waals surface area contributed by atoms with Crippen LogP contribution in [0.15, 0.2) is 0 Å². The molecule has 1 N–H and O–H groups in total. The molecule has 3 nitrogen and oxygen atoms in total. The average molecular weight is 214 g/mol. The van der Waals surface area contributed by atoms with E-state index in [-0.39, 0.29) is 6.04 Å². The van der Waals surface area contributed by atoms with Crippen LogP contribution in [0.25, 0.3) is 0 Å². The maximum absolute atomic E-state index is 12.0. The second-order valence-corrected chi connectivity index (χ2v) is 5.50. The maximum atomic E-state index is 12.0. The van der Waals surface area contributed by atoms with Crippen molar-refractivity contribution < 1.29 is 4.79 Å². The molecule has 0 aliphatic carbocycles. The fourth-order valence-corrected chi connectivity index (χ4v) is 3.02. The third-order valence-electron chi connectivity index (χ3n) is 3.31. The molecular formula is C10H18N2OS. The standard InChI is InChI=1S/C10H18N2OS/c1-7-3-12(4-8(7)2)10(13)9-5-14-6-11-9/h7-9,11H,3-6H2,1-2H3. The summed E-state index contributed by atoms with van der Waals surface area (Å²) >= 11 is 1.81. The van der Waals surface area contributed by atoms with E-state index in [4.69, 9.17) is 0 Å². The first-order chi connectivity index (χ1) is 6.68. The van der Waals surface area contributed by atoms with Crippen LogP contribution in [0.3, 0.4) is 0 Å². The Bertz CT molecular complexity index is 218. The number of nitrogens with one attached hydrogen (secondary N) is 1. The summed E-state index contributed by atoms with van der Waals surface area (Å²) in [5.74, 6) is 3.50. The van der Waals surface area contributed by atoms with Crippen LogP contribution in [0.4, 0.5) is 0 Å². The molecule has 2 aliphatic rings. The van der Waals surface area contributed by atoms with Crippen molar-refractivity contribution in [3.8, 4) is 0 Å². The zero-order valence-electron chi connectivity index (χ0n) is 8.82. The number of likely N-dealkylation sites (tertiary alicyclic amines) is 1. The van der Waals surface area contributed by atoms with Gasteiger partial charge in [-0.3, -0.25) is 10.1 Å². The van der Waals surface area contributed by atoms with Gasteiger partial charge in [0.1, 0.15) is 0 Å². The molecular weight excluding hydrogens is 196 g/mol. The molecule has 14 heavy (non-hydrogen) atoms. The number of carbonyl (C=O) groups excluding carboxylic acids is 1. The van der Waals surface area contributed by atoms with Crippen LogP contribution >= 0.6 is 11.8 Å². The summed E-state index contributed by atoms with van der Waals surface area (Å²) in [5, 5.41) is 3.23. The van der Waals surface area contributed by atoms with E-state index in [1.807, 2.05) is 16.7 Å². The van der Waals surface area contributed by atoms with Crippen molar-refractivity contribution >= 4 is 17.7 Å². The smallest absolute Gasteiger partial charge is 0.240 e. The number of rotatable bonds is 1. The normalized spacial score (nSPS) is 37.9. The van der Waals surface area contributed by atoms with Gasteiger partial charge < -0.3 is 4.90 Å². The van der Waals surface area contributed by atoms with Gasteiger partial charge in [0, 0.05) is 24.7 Å². The summed E-state index contributed by atoms with van der Waals surface area (Å²) in [6.07, 6.45) is 0. The Morgan fingerprint density at radius 3 is 2.50 bits per heavy atom. The molecule has 2 heterocycles. The lowest BCUT2D eigenvalue weighted by Gasteiger charge is -2.19. The molecule has 0 aromatic heterocycles. The molecule has 0 aromatic carbocycles. The molecule has 2 fully saturated rings. The van der Waals surface area contributed by atoms with E-state index in [1.165, 1.54) is 0 Å². The Morgan fingerprint density at radius 2 is 2.00 bits per heavy atom. The minimum absolute atomic E-state index is 0.0810. The molecule has 0 spiro atoms. The Hall–Kier alpha value is -0.220. The van der Waals surface area contributed by atoms with Gasteiger partial charge in [0.2, 0.25) is 5.91 Å². The number of hydrogen-bond donors (Lipinski definition) is 1. The molecule has 1 amide bonds. The van der Waals surface area contributed by atoms with Gasteiger partial charge in [-0.2, -0.15) is 0 Å². The first-order valence-corrected chi connectivity index (χ1v) is 6.44. The highest BCUT2D eigenvalue weighted by Crippen LogP contribution is 2.23. The van der Waals surface area contributed by atoms with Crippen molar-refractivity contribution in [1.82, 2.24) is 10.2 Å². The molecule has 0 saturated carbocycles. The zero-order valence-corrected chi connectivity index (χ0v) is 9.64. The third kappa shape index (κ3) is 1.91. The van der Waals surface area contributed by atoms with E-state index in [0.29, 0.717) is 17.7 Å². The topological polar surface area (TPSA) is 32.3 Å². The van der Waals surface area contributed by atoms with Crippen LogP contribution in [0.1, 0.15) is 13.8 Å². The molecule has 0 radical (unpaired) electrons. The fraction of sp³-hybridized carbons (Fsp3) is 0.900. The Kier molecular flexibility index (Phi) is 3.02. The van der Waals surface area contributed by atoms with E-state index in [1.54, 1.807) is 0 Å². The van der Waals surface area contributed by atoms with Crippen LogP contribution in [-0.2, 0) is 4.79 Å². The van der Waals surface area contributed by atoms with E-state index in [2.05, 4.69) is 19.2 Å². The fourth-order valence-electron chi connectivity index (χ4n) is 2.08. The van der Waals surface area contributed by atoms with Crippen LogP contribution in [0.5, 0.6) is 0 Å². The van der Waals surface area contributed by atoms with Gasteiger partial charge in [0.05, 0.1) is 6.04 Å². The number of nitrogens with zero attached hydrogens (tertiary/aromatic N) is 1. The lowest BCUT2D eigenvalue weighted by atomic mass is 10.0. The molecule has 4 heteroatoms. The van der Waals surface area contributed by atoms with Crippen LogP contribution in [0, 0.1) is 11.8 Å². The Balaban J connectivity index is 1.92. The largest absolute Gasteiger partial charge is 0.341 e. The second kappa shape index (κ2) is 4.11. The summed E-state index contributed by atoms with van der Waals surface area (Å²) in [5.41, 5.74) is 0. The SMILES string of the molecule is CC1CN(C(=O)C2CSCN2)CC1C. The van der Waals surface area contributed by atoms with E-state index >= 15 is 0 Å². The van der Waals surface area contributed by atoms with E-state index in [0.717, 1.165) is 24.7 Å². The Labute approximate surface area is 89.6 Å². The van der Waals surface area contributed by atoms with Crippen molar-refractivity contribution in [1.29, 1.82) is 0 Å². The molecule has 2 saturated heterocycles. The summed E-state index contributed by atoms with van der Waals surface area (Å²) in [4.78, 5) is 14.0. The van der Waals surface area contributed by atoms with Gasteiger partial charge in [-0.05, 0) is 11.8 Å². The van der Waals surface area contributed by atoms with Crippen molar-refractivity contribution in [3.63, 3.8) is 0 Å². The molecule has 2 aliphatic heterocycles. The lowest BCUT2D eigenvalue weighted by Crippen LogP contribution is -2.44. The van der Waals surface area contributed by atoms with Crippen molar-refractivity contribution in [3.05, 3.63) is 0 Å². The van der Waals surface area contributed by atoms with E-state index in [9.17, 15) is 4.79 Å². The monoisotopic (exact) mass is 214 g/mol. The minimum Gasteiger partial charge on any atom is -0.341 e. The average Bonchev–Trinajstić information content (AvgIpc) is 2.76. The minimum atomic E-state index is 0.0810. The predicted octanol–water partition coefficient (Wildman–Crippen LogP) is 0.763. The molecule has 3 atom stereocenters. The van der Waals surface area contributed by atoms with Crippen LogP contribution in [-0.4, -0.2) is 41.6 Å². The van der Waals surface area contributed by atoms with Crippen molar-refractivity contribution in [2.75, 3.05) is 24.7 Å². The van der Waals surface area contributed by atoms with Gasteiger partial charge >= 0.3 is 0 Å². The van der Waals surface area contributed by atoms with Gasteiger partial charge in [0.25, 0.3) is 0 Å².